The molecule has 8 heteroatoms. The molecule has 5 rings (SSSR count). The Balaban J connectivity index is 1.55. The lowest BCUT2D eigenvalue weighted by Crippen LogP contribution is -2.42. The molecule has 0 fully saturated rings. The molecule has 0 aliphatic carbocycles. The predicted molar refractivity (Wildman–Crippen MR) is 108 cm³/mol. The van der Waals surface area contributed by atoms with E-state index in [-0.39, 0.29) is 25.0 Å². The van der Waals surface area contributed by atoms with Gasteiger partial charge in [-0.15, -0.1) is 0 Å². The Morgan fingerprint density at radius 2 is 1.81 bits per heavy atom. The van der Waals surface area contributed by atoms with Gasteiger partial charge in [-0.05, 0) is 35.9 Å². The number of fused-ring (bicyclic) bond motifs is 2. The number of hydrogen-bond acceptors (Lipinski definition) is 5. The molecule has 1 atom stereocenters. The minimum absolute atomic E-state index is 0.0119. The second-order valence-corrected chi connectivity index (χ2v) is 7.13. The summed E-state index contributed by atoms with van der Waals surface area (Å²) in [6.45, 7) is -2.60. The molecule has 0 bridgehead atoms. The molecule has 0 radical (unpaired) electrons. The van der Waals surface area contributed by atoms with Crippen LogP contribution in [0.1, 0.15) is 27.7 Å². The third-order valence-corrected chi connectivity index (χ3v) is 5.24. The van der Waals surface area contributed by atoms with Crippen LogP contribution in [0.15, 0.2) is 66.7 Å². The lowest BCUT2D eigenvalue weighted by molar-refractivity contribution is -0.0509. The molecule has 0 saturated carbocycles. The fourth-order valence-corrected chi connectivity index (χ4v) is 3.85. The number of amides is 1. The van der Waals surface area contributed by atoms with E-state index in [1.807, 2.05) is 18.2 Å². The number of benzene rings is 3. The highest BCUT2D eigenvalue weighted by molar-refractivity contribution is 6.01. The fourth-order valence-electron chi connectivity index (χ4n) is 3.85. The van der Waals surface area contributed by atoms with E-state index in [2.05, 4.69) is 5.32 Å². The number of nitrogens with one attached hydrogen (secondary N) is 1. The van der Waals surface area contributed by atoms with Crippen molar-refractivity contribution in [1.82, 2.24) is 4.90 Å². The molecule has 1 N–H and O–H groups in total. The fraction of sp³-hybridized carbons (Fsp3) is 0.174. The van der Waals surface area contributed by atoms with Crippen molar-refractivity contribution in [2.24, 2.45) is 0 Å². The first-order valence-corrected chi connectivity index (χ1v) is 9.69. The average molecular weight is 424 g/mol. The highest BCUT2D eigenvalue weighted by Crippen LogP contribution is 2.39. The van der Waals surface area contributed by atoms with Gasteiger partial charge in [0.2, 0.25) is 6.79 Å². The Morgan fingerprint density at radius 1 is 1.03 bits per heavy atom. The van der Waals surface area contributed by atoms with Crippen LogP contribution in [-0.4, -0.2) is 24.2 Å². The maximum absolute atomic E-state index is 13.4. The molecular weight excluding hydrogens is 406 g/mol. The summed E-state index contributed by atoms with van der Waals surface area (Å²) < 4.78 is 41.5. The van der Waals surface area contributed by atoms with E-state index in [1.165, 1.54) is 6.07 Å². The van der Waals surface area contributed by atoms with Crippen LogP contribution in [0.3, 0.4) is 0 Å². The average Bonchev–Trinajstić information content (AvgIpc) is 3.24. The smallest absolute Gasteiger partial charge is 0.387 e. The lowest BCUT2D eigenvalue weighted by Gasteiger charge is -2.38. The summed E-state index contributed by atoms with van der Waals surface area (Å²) in [5, 5.41) is 3.30. The quantitative estimate of drug-likeness (QED) is 0.639. The number of halogens is 2. The summed E-state index contributed by atoms with van der Waals surface area (Å²) in [4.78, 5) is 15.0. The summed E-state index contributed by atoms with van der Waals surface area (Å²) in [6, 6.07) is 19.0. The van der Waals surface area contributed by atoms with Crippen LogP contribution in [0.5, 0.6) is 17.2 Å². The van der Waals surface area contributed by atoms with E-state index in [0.717, 1.165) is 5.56 Å². The van der Waals surface area contributed by atoms with Gasteiger partial charge in [0, 0.05) is 17.8 Å². The molecular formula is C23H18F2N2O4. The van der Waals surface area contributed by atoms with Crippen LogP contribution in [0.2, 0.25) is 0 Å². The van der Waals surface area contributed by atoms with Gasteiger partial charge in [-0.25, -0.2) is 0 Å². The topological polar surface area (TPSA) is 60.0 Å². The number of alkyl halides is 2. The Labute approximate surface area is 177 Å². The monoisotopic (exact) mass is 424 g/mol. The first-order chi connectivity index (χ1) is 15.1. The number of carbonyl (C=O) groups excluding carboxylic acids is 1. The molecule has 6 nitrogen and oxygen atoms in total. The third-order valence-electron chi connectivity index (χ3n) is 5.24. The van der Waals surface area contributed by atoms with Crippen LogP contribution in [0, 0.1) is 0 Å². The Morgan fingerprint density at radius 3 is 2.68 bits per heavy atom. The van der Waals surface area contributed by atoms with Gasteiger partial charge in [0.15, 0.2) is 11.5 Å². The van der Waals surface area contributed by atoms with Gasteiger partial charge in [0.25, 0.3) is 5.91 Å². The van der Waals surface area contributed by atoms with Gasteiger partial charge in [-0.1, -0.05) is 36.4 Å². The largest absolute Gasteiger partial charge is 0.454 e. The number of rotatable bonds is 5. The number of para-hydroxylation sites is 2. The van der Waals surface area contributed by atoms with E-state index < -0.39 is 12.8 Å². The summed E-state index contributed by atoms with van der Waals surface area (Å²) in [7, 11) is 0. The number of ether oxygens (including phenoxy) is 3. The molecule has 2 heterocycles. The standard InChI is InChI=1S/C23H18F2N2O4/c24-23(25)31-18-8-4-2-6-16(18)21-26-17-7-3-1-5-15(17)22(28)27(21)12-14-9-10-19-20(11-14)30-13-29-19/h1-11,21,23,26H,12-13H2. The summed E-state index contributed by atoms with van der Waals surface area (Å²) in [5.74, 6) is 1.04. The molecule has 3 aromatic rings. The van der Waals surface area contributed by atoms with E-state index in [0.29, 0.717) is 28.3 Å². The lowest BCUT2D eigenvalue weighted by atomic mass is 10.0. The zero-order chi connectivity index (χ0) is 21.4. The Bertz CT molecular complexity index is 1140. The number of nitrogens with zero attached hydrogens (tertiary/aromatic N) is 1. The van der Waals surface area contributed by atoms with E-state index >= 15 is 0 Å². The number of carbonyl (C=O) groups is 1. The molecule has 0 spiro atoms. The number of hydrogen-bond donors (Lipinski definition) is 1. The van der Waals surface area contributed by atoms with Gasteiger partial charge in [-0.3, -0.25) is 4.79 Å². The van der Waals surface area contributed by atoms with Crippen LogP contribution < -0.4 is 19.5 Å². The molecule has 3 aromatic carbocycles. The molecule has 31 heavy (non-hydrogen) atoms. The van der Waals surface area contributed by atoms with Crippen molar-refractivity contribution < 1.29 is 27.8 Å². The normalized spacial score (nSPS) is 16.8. The van der Waals surface area contributed by atoms with Crippen molar-refractivity contribution in [2.45, 2.75) is 19.3 Å². The molecule has 2 aliphatic heterocycles. The molecule has 2 aliphatic rings. The van der Waals surface area contributed by atoms with Crippen LogP contribution in [-0.2, 0) is 6.54 Å². The molecule has 1 amide bonds. The van der Waals surface area contributed by atoms with Crippen LogP contribution in [0.4, 0.5) is 14.5 Å². The van der Waals surface area contributed by atoms with Crippen molar-refractivity contribution >= 4 is 11.6 Å². The first-order valence-electron chi connectivity index (χ1n) is 9.69. The van der Waals surface area contributed by atoms with Gasteiger partial charge in [0.1, 0.15) is 11.9 Å². The van der Waals surface area contributed by atoms with Crippen molar-refractivity contribution in [2.75, 3.05) is 12.1 Å². The second kappa shape index (κ2) is 7.79. The highest BCUT2D eigenvalue weighted by Gasteiger charge is 2.35. The van der Waals surface area contributed by atoms with Gasteiger partial charge >= 0.3 is 6.61 Å². The number of anilines is 1. The van der Waals surface area contributed by atoms with Gasteiger partial charge in [-0.2, -0.15) is 8.78 Å². The summed E-state index contributed by atoms with van der Waals surface area (Å²) in [5.41, 5.74) is 2.39. The van der Waals surface area contributed by atoms with Crippen molar-refractivity contribution in [3.8, 4) is 17.2 Å². The molecule has 0 aromatic heterocycles. The SMILES string of the molecule is O=C1c2ccccc2NC(c2ccccc2OC(F)F)N1Cc1ccc2c(c1)OCO2. The molecule has 1 unspecified atom stereocenters. The first kappa shape index (κ1) is 19.2. The summed E-state index contributed by atoms with van der Waals surface area (Å²) in [6.07, 6.45) is -0.706. The minimum atomic E-state index is -2.98. The van der Waals surface area contributed by atoms with Crippen molar-refractivity contribution in [3.63, 3.8) is 0 Å². The maximum atomic E-state index is 13.4. The molecule has 0 saturated heterocycles. The third kappa shape index (κ3) is 3.61. The van der Waals surface area contributed by atoms with E-state index in [4.69, 9.17) is 14.2 Å². The van der Waals surface area contributed by atoms with Crippen molar-refractivity contribution in [3.05, 3.63) is 83.4 Å². The van der Waals surface area contributed by atoms with Crippen LogP contribution >= 0.6 is 0 Å². The zero-order valence-electron chi connectivity index (χ0n) is 16.3. The van der Waals surface area contributed by atoms with Crippen molar-refractivity contribution in [1.29, 1.82) is 0 Å². The van der Waals surface area contributed by atoms with Gasteiger partial charge < -0.3 is 24.4 Å². The Kier molecular flexibility index (Phi) is 4.82. The zero-order valence-corrected chi connectivity index (χ0v) is 16.3. The summed E-state index contributed by atoms with van der Waals surface area (Å²) >= 11 is 0. The van der Waals surface area contributed by atoms with Gasteiger partial charge in [0.05, 0.1) is 5.56 Å². The van der Waals surface area contributed by atoms with E-state index in [1.54, 1.807) is 47.4 Å². The Hall–Kier alpha value is -3.81. The van der Waals surface area contributed by atoms with Crippen LogP contribution in [0.25, 0.3) is 0 Å². The maximum Gasteiger partial charge on any atom is 0.387 e. The molecule has 158 valence electrons. The minimum Gasteiger partial charge on any atom is -0.454 e. The second-order valence-electron chi connectivity index (χ2n) is 7.13. The predicted octanol–water partition coefficient (Wildman–Crippen LogP) is 4.78. The van der Waals surface area contributed by atoms with E-state index in [9.17, 15) is 13.6 Å². The highest BCUT2D eigenvalue weighted by atomic mass is 19.3.